The summed E-state index contributed by atoms with van der Waals surface area (Å²) in [5.41, 5.74) is 1.55. The molecular formula is C26H28N2O5. The summed E-state index contributed by atoms with van der Waals surface area (Å²) in [4.78, 5) is 39.8. The molecule has 7 heteroatoms. The van der Waals surface area contributed by atoms with Gasteiger partial charge in [0, 0.05) is 24.1 Å². The first kappa shape index (κ1) is 23.8. The van der Waals surface area contributed by atoms with Crippen molar-refractivity contribution in [3.05, 3.63) is 85.0 Å². The van der Waals surface area contributed by atoms with Crippen molar-refractivity contribution < 1.29 is 24.2 Å². The third-order valence-electron chi connectivity index (χ3n) is 5.44. The molecule has 2 aromatic rings. The van der Waals surface area contributed by atoms with Gasteiger partial charge in [-0.3, -0.25) is 9.59 Å². The first-order valence-corrected chi connectivity index (χ1v) is 10.8. The number of allylic oxidation sites excluding steroid dienone is 2. The minimum absolute atomic E-state index is 0.0134. The molecule has 0 aliphatic carbocycles. The van der Waals surface area contributed by atoms with E-state index in [2.05, 4.69) is 18.5 Å². The summed E-state index contributed by atoms with van der Waals surface area (Å²) in [6, 6.07) is 11.9. The Bertz CT molecular complexity index is 1030. The van der Waals surface area contributed by atoms with Gasteiger partial charge in [-0.25, -0.2) is 4.79 Å². The number of fused-ring (bicyclic) bond motifs is 1. The topological polar surface area (TPSA) is 95.9 Å². The Labute approximate surface area is 193 Å². The molecule has 0 unspecified atom stereocenters. The van der Waals surface area contributed by atoms with Gasteiger partial charge in [0.2, 0.25) is 11.8 Å². The number of esters is 1. The van der Waals surface area contributed by atoms with Crippen LogP contribution in [-0.2, 0) is 14.3 Å². The number of hydrogen-bond acceptors (Lipinski definition) is 5. The van der Waals surface area contributed by atoms with E-state index in [1.54, 1.807) is 53.5 Å². The Hall–Kier alpha value is -3.87. The second kappa shape index (κ2) is 11.1. The van der Waals surface area contributed by atoms with E-state index in [4.69, 9.17) is 4.74 Å². The quantitative estimate of drug-likeness (QED) is 0.422. The van der Waals surface area contributed by atoms with E-state index in [0.29, 0.717) is 29.7 Å². The highest BCUT2D eigenvalue weighted by Crippen LogP contribution is 2.42. The summed E-state index contributed by atoms with van der Waals surface area (Å²) < 4.78 is 5.57. The Morgan fingerprint density at radius 2 is 1.73 bits per heavy atom. The zero-order valence-electron chi connectivity index (χ0n) is 18.4. The second-order valence-electron chi connectivity index (χ2n) is 7.74. The Morgan fingerprint density at radius 1 is 1.03 bits per heavy atom. The van der Waals surface area contributed by atoms with Crippen LogP contribution in [-0.4, -0.2) is 35.5 Å². The van der Waals surface area contributed by atoms with Crippen LogP contribution in [0.25, 0.3) is 0 Å². The van der Waals surface area contributed by atoms with Crippen molar-refractivity contribution in [3.8, 4) is 5.75 Å². The van der Waals surface area contributed by atoms with E-state index in [1.807, 2.05) is 0 Å². The fourth-order valence-electron chi connectivity index (χ4n) is 3.85. The largest absolute Gasteiger partial charge is 0.508 e. The number of hydrogen-bond donors (Lipinski definition) is 2. The SMILES string of the molecule is C=CCCC(=O)N[C@H]1c2cc(O)ccc2N(C(=O)CCC=C)[C@@H]1COC(=O)c1ccccc1. The summed E-state index contributed by atoms with van der Waals surface area (Å²) in [7, 11) is 0. The standard InChI is InChI=1S/C26H28N2O5/c1-3-5-12-23(30)27-25-20-16-19(29)14-15-21(20)28(24(31)13-6-4-2)22(25)17-33-26(32)18-10-8-7-9-11-18/h3-4,7-11,14-16,22,25,29H,1-2,5-6,12-13,17H2,(H,27,30)/t22-,25+/m1/s1. The van der Waals surface area contributed by atoms with E-state index in [1.165, 1.54) is 12.1 Å². The lowest BCUT2D eigenvalue weighted by Gasteiger charge is -2.29. The first-order valence-electron chi connectivity index (χ1n) is 10.8. The van der Waals surface area contributed by atoms with Crippen LogP contribution in [0.5, 0.6) is 5.75 Å². The van der Waals surface area contributed by atoms with Crippen LogP contribution in [0.4, 0.5) is 5.69 Å². The fraction of sp³-hybridized carbons (Fsp3) is 0.269. The molecule has 1 aliphatic heterocycles. The Kier molecular flexibility index (Phi) is 8.02. The molecule has 0 aromatic heterocycles. The maximum atomic E-state index is 13.1. The highest BCUT2D eigenvalue weighted by Gasteiger charge is 2.43. The van der Waals surface area contributed by atoms with E-state index in [0.717, 1.165) is 0 Å². The molecule has 0 fully saturated rings. The van der Waals surface area contributed by atoms with Crippen LogP contribution in [0.3, 0.4) is 0 Å². The number of benzene rings is 2. The molecule has 33 heavy (non-hydrogen) atoms. The first-order chi connectivity index (χ1) is 16.0. The number of amides is 2. The fourth-order valence-corrected chi connectivity index (χ4v) is 3.85. The number of carbonyl (C=O) groups excluding carboxylic acids is 3. The van der Waals surface area contributed by atoms with Gasteiger partial charge in [-0.1, -0.05) is 30.4 Å². The van der Waals surface area contributed by atoms with Crippen molar-refractivity contribution in [3.63, 3.8) is 0 Å². The maximum absolute atomic E-state index is 13.1. The number of ether oxygens (including phenoxy) is 1. The van der Waals surface area contributed by atoms with Gasteiger partial charge in [0.15, 0.2) is 0 Å². The molecule has 172 valence electrons. The van der Waals surface area contributed by atoms with Gasteiger partial charge >= 0.3 is 5.97 Å². The highest BCUT2D eigenvalue weighted by atomic mass is 16.5. The summed E-state index contributed by atoms with van der Waals surface area (Å²) in [5.74, 6) is -0.927. The molecule has 1 heterocycles. The molecule has 2 N–H and O–H groups in total. The smallest absolute Gasteiger partial charge is 0.338 e. The molecule has 1 aliphatic rings. The Balaban J connectivity index is 1.92. The van der Waals surface area contributed by atoms with Crippen LogP contribution in [0.2, 0.25) is 0 Å². The normalized spacial score (nSPS) is 16.5. The number of anilines is 1. The Morgan fingerprint density at radius 3 is 2.42 bits per heavy atom. The van der Waals surface area contributed by atoms with Gasteiger partial charge < -0.3 is 20.1 Å². The van der Waals surface area contributed by atoms with Gasteiger partial charge in [-0.05, 0) is 43.2 Å². The maximum Gasteiger partial charge on any atom is 0.338 e. The molecule has 7 nitrogen and oxygen atoms in total. The minimum Gasteiger partial charge on any atom is -0.508 e. The summed E-state index contributed by atoms with van der Waals surface area (Å²) >= 11 is 0. The number of nitrogens with one attached hydrogen (secondary N) is 1. The average molecular weight is 449 g/mol. The number of rotatable bonds is 10. The predicted octanol–water partition coefficient (Wildman–Crippen LogP) is 4.05. The van der Waals surface area contributed by atoms with Crippen LogP contribution in [0, 0.1) is 0 Å². The number of nitrogens with zero attached hydrogens (tertiary/aromatic N) is 1. The van der Waals surface area contributed by atoms with Crippen molar-refractivity contribution in [2.24, 2.45) is 0 Å². The number of phenolic OH excluding ortho intramolecular Hbond substituents is 1. The van der Waals surface area contributed by atoms with Crippen LogP contribution >= 0.6 is 0 Å². The monoisotopic (exact) mass is 448 g/mol. The lowest BCUT2D eigenvalue weighted by atomic mass is 10.0. The number of carbonyl (C=O) groups is 3. The van der Waals surface area contributed by atoms with Gasteiger partial charge in [-0.2, -0.15) is 0 Å². The van der Waals surface area contributed by atoms with Gasteiger partial charge in [-0.15, -0.1) is 13.2 Å². The van der Waals surface area contributed by atoms with Crippen LogP contribution in [0.15, 0.2) is 73.8 Å². The van der Waals surface area contributed by atoms with Crippen molar-refractivity contribution in [2.75, 3.05) is 11.5 Å². The van der Waals surface area contributed by atoms with Crippen LogP contribution in [0.1, 0.15) is 47.6 Å². The highest BCUT2D eigenvalue weighted by molar-refractivity contribution is 5.97. The van der Waals surface area contributed by atoms with Gasteiger partial charge in [0.25, 0.3) is 0 Å². The molecule has 2 atom stereocenters. The van der Waals surface area contributed by atoms with E-state index in [9.17, 15) is 19.5 Å². The molecule has 2 aromatic carbocycles. The number of aromatic hydroxyl groups is 1. The van der Waals surface area contributed by atoms with Crippen molar-refractivity contribution in [1.82, 2.24) is 5.32 Å². The molecule has 0 saturated heterocycles. The molecular weight excluding hydrogens is 420 g/mol. The van der Waals surface area contributed by atoms with Gasteiger partial charge in [0.1, 0.15) is 12.4 Å². The predicted molar refractivity (Wildman–Crippen MR) is 126 cm³/mol. The lowest BCUT2D eigenvalue weighted by Crippen LogP contribution is -2.47. The van der Waals surface area contributed by atoms with Crippen LogP contribution < -0.4 is 10.2 Å². The summed E-state index contributed by atoms with van der Waals surface area (Å²) in [6.45, 7) is 7.18. The number of phenols is 1. The molecule has 2 amide bonds. The van der Waals surface area contributed by atoms with Crippen molar-refractivity contribution in [1.29, 1.82) is 0 Å². The molecule has 0 spiro atoms. The van der Waals surface area contributed by atoms with Crippen molar-refractivity contribution >= 4 is 23.5 Å². The minimum atomic E-state index is -0.667. The molecule has 0 saturated carbocycles. The molecule has 0 radical (unpaired) electrons. The zero-order chi connectivity index (χ0) is 23.8. The molecule has 0 bridgehead atoms. The summed E-state index contributed by atoms with van der Waals surface area (Å²) in [5, 5.41) is 13.0. The molecule has 3 rings (SSSR count). The van der Waals surface area contributed by atoms with E-state index >= 15 is 0 Å². The summed E-state index contributed by atoms with van der Waals surface area (Å²) in [6.07, 6.45) is 4.73. The van der Waals surface area contributed by atoms with Gasteiger partial charge in [0.05, 0.1) is 17.6 Å². The third kappa shape index (κ3) is 5.68. The van der Waals surface area contributed by atoms with Crippen molar-refractivity contribution in [2.45, 2.75) is 37.8 Å². The van der Waals surface area contributed by atoms with E-state index in [-0.39, 0.29) is 37.0 Å². The lowest BCUT2D eigenvalue weighted by molar-refractivity contribution is -0.123. The third-order valence-corrected chi connectivity index (χ3v) is 5.44. The van der Waals surface area contributed by atoms with E-state index < -0.39 is 18.1 Å². The zero-order valence-corrected chi connectivity index (χ0v) is 18.4. The second-order valence-corrected chi connectivity index (χ2v) is 7.74. The average Bonchev–Trinajstić information content (AvgIpc) is 3.12.